The van der Waals surface area contributed by atoms with Gasteiger partial charge in [-0.25, -0.2) is 4.39 Å². The molecular formula is C6H12FNO. The molecule has 9 heavy (non-hydrogen) atoms. The van der Waals surface area contributed by atoms with Crippen molar-refractivity contribution in [1.29, 1.82) is 0 Å². The SMILES string of the molecule is [2H]C([2H])([2H])OC1([2H])C([2H])([2H])C([2H])([2H])NC([2H])([2H])C1([2H])F. The fourth-order valence-corrected chi connectivity index (χ4v) is 0.356. The van der Waals surface area contributed by atoms with Crippen molar-refractivity contribution in [3.63, 3.8) is 0 Å². The second-order valence-corrected chi connectivity index (χ2v) is 1.25. The van der Waals surface area contributed by atoms with E-state index in [2.05, 4.69) is 4.74 Å². The van der Waals surface area contributed by atoms with Gasteiger partial charge in [-0.3, -0.25) is 0 Å². The first kappa shape index (κ1) is 1.38. The van der Waals surface area contributed by atoms with Crippen LogP contribution in [0.3, 0.4) is 0 Å². The maximum atomic E-state index is 14.3. The number of hydrogen-bond donors (Lipinski definition) is 1. The molecule has 0 spiro atoms. The molecule has 0 radical (unpaired) electrons. The molecule has 2 nitrogen and oxygen atoms in total. The van der Waals surface area contributed by atoms with E-state index < -0.39 is 38.6 Å². The van der Waals surface area contributed by atoms with Gasteiger partial charge in [0.15, 0.2) is 0 Å². The van der Waals surface area contributed by atoms with Crippen molar-refractivity contribution in [1.82, 2.24) is 5.32 Å². The van der Waals surface area contributed by atoms with Gasteiger partial charge in [0, 0.05) is 21.8 Å². The van der Waals surface area contributed by atoms with E-state index in [1.54, 1.807) is 0 Å². The van der Waals surface area contributed by atoms with Gasteiger partial charge in [0.1, 0.15) is 6.15 Å². The predicted molar refractivity (Wildman–Crippen MR) is 33.2 cm³/mol. The first-order chi connectivity index (χ1) is 8.41. The number of hydrogen-bond acceptors (Lipinski definition) is 2. The number of rotatable bonds is 1. The van der Waals surface area contributed by atoms with Crippen molar-refractivity contribution in [2.45, 2.75) is 18.6 Å². The van der Waals surface area contributed by atoms with Gasteiger partial charge in [0.2, 0.25) is 0 Å². The molecular weight excluding hydrogens is 121 g/mol. The molecule has 1 aliphatic rings. The Hall–Kier alpha value is -0.150. The number of nitrogens with one attached hydrogen (secondary N) is 1. The first-order valence-electron chi connectivity index (χ1n) is 7.60. The van der Waals surface area contributed by atoms with Gasteiger partial charge < -0.3 is 10.1 Å². The second-order valence-electron chi connectivity index (χ2n) is 1.25. The Morgan fingerprint density at radius 2 is 3.00 bits per heavy atom. The Bertz CT molecular complexity index is 378. The van der Waals surface area contributed by atoms with Crippen molar-refractivity contribution in [3.8, 4) is 0 Å². The van der Waals surface area contributed by atoms with E-state index in [4.69, 9.17) is 15.1 Å². The maximum absolute atomic E-state index is 14.3. The smallest absolute Gasteiger partial charge is 0.139 e. The highest BCUT2D eigenvalue weighted by Gasteiger charge is 2.23. The zero-order valence-corrected chi connectivity index (χ0v) is 4.29. The summed E-state index contributed by atoms with van der Waals surface area (Å²) in [5.74, 6) is 0. The van der Waals surface area contributed by atoms with Crippen LogP contribution in [0.2, 0.25) is 0 Å². The van der Waals surface area contributed by atoms with E-state index in [0.717, 1.165) is 0 Å². The molecule has 1 fully saturated rings. The number of piperidine rings is 1. The average Bonchev–Trinajstić information content (AvgIpc) is 2.10. The topological polar surface area (TPSA) is 21.3 Å². The molecule has 0 amide bonds. The Morgan fingerprint density at radius 3 is 3.78 bits per heavy atom. The number of ether oxygens (including phenoxy) is 1. The summed E-state index contributed by atoms with van der Waals surface area (Å²) in [7, 11) is -3.53. The van der Waals surface area contributed by atoms with Gasteiger partial charge in [-0.1, -0.05) is 0 Å². The Labute approximate surface area is 69.8 Å². The van der Waals surface area contributed by atoms with Crippen LogP contribution >= 0.6 is 0 Å². The average molecular weight is 144 g/mol. The van der Waals surface area contributed by atoms with Gasteiger partial charge in [-0.15, -0.1) is 0 Å². The van der Waals surface area contributed by atoms with Gasteiger partial charge in [-0.05, 0) is 12.9 Å². The number of halogens is 1. The molecule has 0 aromatic rings. The molecule has 0 bridgehead atoms. The fraction of sp³-hybridized carbons (Fsp3) is 1.00. The van der Waals surface area contributed by atoms with Crippen LogP contribution in [-0.2, 0) is 4.74 Å². The molecule has 0 aromatic carbocycles. The largest absolute Gasteiger partial charge is 0.378 e. The van der Waals surface area contributed by atoms with Crippen LogP contribution in [0.1, 0.15) is 21.5 Å². The van der Waals surface area contributed by atoms with E-state index >= 15 is 0 Å². The Morgan fingerprint density at radius 1 is 2.11 bits per heavy atom. The van der Waals surface area contributed by atoms with Gasteiger partial charge in [-0.2, -0.15) is 0 Å². The summed E-state index contributed by atoms with van der Waals surface area (Å²) < 4.78 is 97.5. The van der Waals surface area contributed by atoms with E-state index in [-0.39, 0.29) is 0 Å². The lowest BCUT2D eigenvalue weighted by Crippen LogP contribution is -2.42. The van der Waals surface area contributed by atoms with E-state index in [1.807, 2.05) is 0 Å². The summed E-state index contributed by atoms with van der Waals surface area (Å²) >= 11 is 0. The first-order valence-corrected chi connectivity index (χ1v) is 2.10. The monoisotopic (exact) mass is 144 g/mol. The molecule has 2 unspecified atom stereocenters. The second kappa shape index (κ2) is 3.13. The highest BCUT2D eigenvalue weighted by molar-refractivity contribution is 4.77. The van der Waals surface area contributed by atoms with Crippen molar-refractivity contribution < 1.29 is 24.2 Å². The molecule has 0 aliphatic carbocycles. The lowest BCUT2D eigenvalue weighted by atomic mass is 10.1. The molecule has 2 atom stereocenters. The van der Waals surface area contributed by atoms with E-state index in [0.29, 0.717) is 0 Å². The van der Waals surface area contributed by atoms with Crippen LogP contribution in [0.25, 0.3) is 0 Å². The molecule has 1 rings (SSSR count). The molecule has 0 aromatic heterocycles. The third-order valence-electron chi connectivity index (χ3n) is 0.712. The summed E-state index contributed by atoms with van der Waals surface area (Å²) in [5.41, 5.74) is 0. The highest BCUT2D eigenvalue weighted by Crippen LogP contribution is 2.09. The van der Waals surface area contributed by atoms with Crippen molar-refractivity contribution in [2.75, 3.05) is 20.0 Å². The van der Waals surface area contributed by atoms with E-state index in [1.165, 1.54) is 5.32 Å². The number of alkyl halides is 1. The van der Waals surface area contributed by atoms with E-state index in [9.17, 15) is 4.39 Å². The minimum absolute atomic E-state index is 1.30. The molecule has 1 aliphatic heterocycles. The molecule has 1 N–H and O–H groups in total. The van der Waals surface area contributed by atoms with Crippen LogP contribution in [0.15, 0.2) is 0 Å². The zero-order chi connectivity index (χ0) is 16.4. The van der Waals surface area contributed by atoms with Crippen LogP contribution < -0.4 is 5.32 Å². The zero-order valence-electron chi connectivity index (χ0n) is 15.3. The predicted octanol–water partition coefficient (Wildman–Crippen LogP) is 0.333. The Kier molecular flexibility index (Phi) is 0.481. The van der Waals surface area contributed by atoms with Crippen molar-refractivity contribution in [3.05, 3.63) is 0 Å². The third-order valence-corrected chi connectivity index (χ3v) is 0.712. The minimum atomic E-state index is -4.23. The lowest BCUT2D eigenvalue weighted by Gasteiger charge is -2.24. The summed E-state index contributed by atoms with van der Waals surface area (Å²) in [6.45, 7) is -6.91. The minimum Gasteiger partial charge on any atom is -0.378 e. The van der Waals surface area contributed by atoms with Crippen LogP contribution in [0, 0.1) is 0 Å². The molecule has 54 valence electrons. The van der Waals surface area contributed by atoms with Crippen LogP contribution in [0.4, 0.5) is 4.39 Å². The number of methoxy groups -OCH3 is 1. The van der Waals surface area contributed by atoms with Crippen molar-refractivity contribution in [2.24, 2.45) is 0 Å². The summed E-state index contributed by atoms with van der Waals surface area (Å²) in [6.07, 6.45) is -11.9. The van der Waals surface area contributed by atoms with Crippen molar-refractivity contribution >= 4 is 0 Å². The molecule has 1 heterocycles. The highest BCUT2D eigenvalue weighted by atomic mass is 19.1. The van der Waals surface area contributed by atoms with Gasteiger partial charge in [0.25, 0.3) is 0 Å². The standard InChI is InChI=1S/C6H12FNO/c1-9-6-2-3-8-4-5(6)7/h5-6,8H,2-4H2,1H3/i1D3,2D2,3D2,4D2,5D,6D. The summed E-state index contributed by atoms with van der Waals surface area (Å²) in [4.78, 5) is 0. The van der Waals surface area contributed by atoms with Gasteiger partial charge in [0.05, 0.1) is 12.9 Å². The van der Waals surface area contributed by atoms with Gasteiger partial charge >= 0.3 is 0 Å². The molecule has 1 saturated heterocycles. The summed E-state index contributed by atoms with van der Waals surface area (Å²) in [5, 5.41) is 1.30. The third kappa shape index (κ3) is 1.63. The normalized spacial score (nSPS) is 89.2. The summed E-state index contributed by atoms with van der Waals surface area (Å²) in [6, 6.07) is 0. The molecule has 3 heteroatoms. The maximum Gasteiger partial charge on any atom is 0.139 e. The fourth-order valence-electron chi connectivity index (χ4n) is 0.356. The van der Waals surface area contributed by atoms with Crippen LogP contribution in [-0.4, -0.2) is 32.3 Å². The quantitative estimate of drug-likeness (QED) is 0.573. The Balaban J connectivity index is 3.54. The van der Waals surface area contributed by atoms with Crippen LogP contribution in [0.5, 0.6) is 0 Å². The molecule has 0 saturated carbocycles. The lowest BCUT2D eigenvalue weighted by molar-refractivity contribution is 0.0132.